The van der Waals surface area contributed by atoms with Crippen LogP contribution < -0.4 is 10.1 Å². The van der Waals surface area contributed by atoms with Crippen molar-refractivity contribution < 1.29 is 29.0 Å². The number of ketones is 2. The van der Waals surface area contributed by atoms with E-state index < -0.39 is 17.8 Å². The van der Waals surface area contributed by atoms with E-state index in [9.17, 15) is 24.3 Å². The van der Waals surface area contributed by atoms with Crippen LogP contribution in [0, 0.1) is 23.7 Å². The molecule has 33 heavy (non-hydrogen) atoms. The molecule has 7 nitrogen and oxygen atoms in total. The van der Waals surface area contributed by atoms with E-state index in [4.69, 9.17) is 4.74 Å². The fourth-order valence-electron chi connectivity index (χ4n) is 5.40. The van der Waals surface area contributed by atoms with Crippen molar-refractivity contribution in [2.45, 2.75) is 12.8 Å². The second kappa shape index (κ2) is 7.95. The Labute approximate surface area is 198 Å². The quantitative estimate of drug-likeness (QED) is 0.368. The molecule has 0 saturated carbocycles. The molecule has 1 heterocycles. The molecule has 1 aromatic rings. The first-order chi connectivity index (χ1) is 15.8. The van der Waals surface area contributed by atoms with Gasteiger partial charge in [0.2, 0.25) is 11.8 Å². The fraction of sp³-hybridized carbons (Fsp3) is 0.280. The number of hydrogen-bond donors (Lipinski definition) is 2. The monoisotopic (exact) mass is 509 g/mol. The molecule has 4 aliphatic rings. The molecule has 3 aliphatic carbocycles. The first kappa shape index (κ1) is 21.6. The van der Waals surface area contributed by atoms with Crippen molar-refractivity contribution in [1.29, 1.82) is 0 Å². The highest BCUT2D eigenvalue weighted by molar-refractivity contribution is 9.12. The Hall–Kier alpha value is -3.26. The lowest BCUT2D eigenvalue weighted by atomic mass is 9.61. The van der Waals surface area contributed by atoms with E-state index in [-0.39, 0.29) is 46.0 Å². The topological polar surface area (TPSA) is 110 Å². The number of phenolic OH excluding ortho intramolecular Hbond substituents is 1. The highest BCUT2D eigenvalue weighted by atomic mass is 79.9. The number of fused-ring (bicyclic) bond motifs is 3. The molecule has 1 saturated heterocycles. The number of ether oxygens (including phenoxy) is 1. The first-order valence-electron chi connectivity index (χ1n) is 10.6. The van der Waals surface area contributed by atoms with Gasteiger partial charge in [0, 0.05) is 23.1 Å². The Balaban J connectivity index is 1.61. The van der Waals surface area contributed by atoms with Crippen molar-refractivity contribution in [3.8, 4) is 11.5 Å². The van der Waals surface area contributed by atoms with Crippen LogP contribution in [0.2, 0.25) is 0 Å². The van der Waals surface area contributed by atoms with Gasteiger partial charge in [-0.05, 0) is 52.4 Å². The molecule has 2 N–H and O–H groups in total. The van der Waals surface area contributed by atoms with Gasteiger partial charge >= 0.3 is 0 Å². The molecular weight excluding hydrogens is 490 g/mol. The average Bonchev–Trinajstić information content (AvgIpc) is 3.09. The molecule has 0 bridgehead atoms. The zero-order chi connectivity index (χ0) is 23.4. The number of carbonyl (C=O) groups excluding carboxylic acids is 4. The number of halogens is 1. The van der Waals surface area contributed by atoms with Crippen LogP contribution in [-0.2, 0) is 19.2 Å². The molecule has 168 valence electrons. The Kier molecular flexibility index (Phi) is 5.20. The van der Waals surface area contributed by atoms with Crippen LogP contribution in [0.15, 0.2) is 57.6 Å². The summed E-state index contributed by atoms with van der Waals surface area (Å²) in [6, 6.07) is 4.89. The van der Waals surface area contributed by atoms with Crippen molar-refractivity contribution in [2.24, 2.45) is 23.7 Å². The predicted octanol–water partition coefficient (Wildman–Crippen LogP) is 3.00. The van der Waals surface area contributed by atoms with Gasteiger partial charge in [-0.25, -0.2) is 0 Å². The van der Waals surface area contributed by atoms with E-state index in [1.165, 1.54) is 19.3 Å². The molecule has 5 rings (SSSR count). The van der Waals surface area contributed by atoms with Crippen LogP contribution in [-0.4, -0.2) is 35.6 Å². The maximum absolute atomic E-state index is 13.0. The minimum Gasteiger partial charge on any atom is -0.504 e. The van der Waals surface area contributed by atoms with E-state index in [2.05, 4.69) is 21.2 Å². The molecular formula is C25H20BrNO6. The molecule has 1 aliphatic heterocycles. The third kappa shape index (κ3) is 3.40. The molecule has 0 radical (unpaired) electrons. The van der Waals surface area contributed by atoms with Crippen molar-refractivity contribution in [2.75, 3.05) is 7.11 Å². The number of Topliss-reactive ketones (excluding diaryl/α,β-unsaturated/α-hetero) is 1. The van der Waals surface area contributed by atoms with Crippen LogP contribution in [0.4, 0.5) is 0 Å². The molecule has 1 aromatic carbocycles. The number of aromatic hydroxyl groups is 1. The molecule has 2 amide bonds. The average molecular weight is 510 g/mol. The predicted molar refractivity (Wildman–Crippen MR) is 122 cm³/mol. The van der Waals surface area contributed by atoms with Gasteiger partial charge in [-0.1, -0.05) is 29.9 Å². The number of hydrogen-bond acceptors (Lipinski definition) is 6. The summed E-state index contributed by atoms with van der Waals surface area (Å²) >= 11 is 3.19. The summed E-state index contributed by atoms with van der Waals surface area (Å²) in [5, 5.41) is 12.3. The number of phenols is 1. The van der Waals surface area contributed by atoms with E-state index >= 15 is 0 Å². The van der Waals surface area contributed by atoms with Crippen molar-refractivity contribution in [3.63, 3.8) is 0 Å². The first-order valence-corrected chi connectivity index (χ1v) is 11.4. The summed E-state index contributed by atoms with van der Waals surface area (Å²) in [6.07, 6.45) is 7.54. The zero-order valence-electron chi connectivity index (χ0n) is 17.6. The Morgan fingerprint density at radius 2 is 1.94 bits per heavy atom. The summed E-state index contributed by atoms with van der Waals surface area (Å²) in [7, 11) is 1.46. The van der Waals surface area contributed by atoms with Crippen LogP contribution in [0.5, 0.6) is 11.5 Å². The minimum absolute atomic E-state index is 0.0124. The van der Waals surface area contributed by atoms with Crippen LogP contribution in [0.1, 0.15) is 18.4 Å². The third-order valence-corrected chi connectivity index (χ3v) is 7.50. The normalized spacial score (nSPS) is 28.8. The zero-order valence-corrected chi connectivity index (χ0v) is 19.2. The number of imide groups is 1. The highest BCUT2D eigenvalue weighted by Gasteiger charge is 2.52. The fourth-order valence-corrected chi connectivity index (χ4v) is 5.85. The number of rotatable bonds is 3. The molecule has 8 heteroatoms. The lowest BCUT2D eigenvalue weighted by Crippen LogP contribution is -2.39. The van der Waals surface area contributed by atoms with E-state index in [1.807, 2.05) is 12.2 Å². The van der Waals surface area contributed by atoms with Gasteiger partial charge in [0.05, 0.1) is 23.4 Å². The second-order valence-electron chi connectivity index (χ2n) is 8.58. The standard InChI is InChI=1S/C25H20BrNO6/c1-33-20-8-11(3-7-18(20)28)2-4-13-12-5-6-14-22(25(32)27-24(14)31)15(12)9-16-21(13)19(29)10-17(26)23(16)30/h2-5,7-8,10,13-15,22,28H,6,9H2,1H3,(H,27,31,32)/t13-,14-,15+,22-/m0/s1. The number of benzene rings is 1. The third-order valence-electron chi connectivity index (χ3n) is 6.91. The van der Waals surface area contributed by atoms with Crippen LogP contribution in [0.3, 0.4) is 0 Å². The van der Waals surface area contributed by atoms with E-state index in [1.54, 1.807) is 18.2 Å². The summed E-state index contributed by atoms with van der Waals surface area (Å²) in [4.78, 5) is 50.9. The van der Waals surface area contributed by atoms with Gasteiger partial charge in [0.1, 0.15) is 0 Å². The summed E-state index contributed by atoms with van der Waals surface area (Å²) in [5.41, 5.74) is 2.43. The van der Waals surface area contributed by atoms with Crippen molar-refractivity contribution in [1.82, 2.24) is 5.32 Å². The van der Waals surface area contributed by atoms with Crippen molar-refractivity contribution in [3.05, 3.63) is 63.2 Å². The number of nitrogens with one attached hydrogen (secondary N) is 1. The van der Waals surface area contributed by atoms with Gasteiger partial charge in [0.25, 0.3) is 0 Å². The lowest BCUT2D eigenvalue weighted by Gasteiger charge is -2.41. The smallest absolute Gasteiger partial charge is 0.231 e. The maximum atomic E-state index is 13.0. The highest BCUT2D eigenvalue weighted by Crippen LogP contribution is 2.51. The second-order valence-corrected chi connectivity index (χ2v) is 9.44. The van der Waals surface area contributed by atoms with Gasteiger partial charge in [-0.3, -0.25) is 24.5 Å². The maximum Gasteiger partial charge on any atom is 0.231 e. The summed E-state index contributed by atoms with van der Waals surface area (Å²) in [6.45, 7) is 0. The minimum atomic E-state index is -0.552. The van der Waals surface area contributed by atoms with Crippen LogP contribution >= 0.6 is 15.9 Å². The van der Waals surface area contributed by atoms with Gasteiger partial charge < -0.3 is 9.84 Å². The van der Waals surface area contributed by atoms with Gasteiger partial charge in [0.15, 0.2) is 23.1 Å². The largest absolute Gasteiger partial charge is 0.504 e. The molecule has 4 atom stereocenters. The number of carbonyl (C=O) groups is 4. The Bertz CT molecular complexity index is 1250. The van der Waals surface area contributed by atoms with Crippen molar-refractivity contribution >= 4 is 45.4 Å². The number of methoxy groups -OCH3 is 1. The molecule has 0 spiro atoms. The van der Waals surface area contributed by atoms with Crippen LogP contribution in [0.25, 0.3) is 6.08 Å². The van der Waals surface area contributed by atoms with Gasteiger partial charge in [-0.15, -0.1) is 0 Å². The summed E-state index contributed by atoms with van der Waals surface area (Å²) in [5.74, 6) is -2.63. The Morgan fingerprint density at radius 1 is 1.15 bits per heavy atom. The number of amides is 2. The lowest BCUT2D eigenvalue weighted by molar-refractivity contribution is -0.126. The Morgan fingerprint density at radius 3 is 2.70 bits per heavy atom. The SMILES string of the molecule is COc1cc(C=C[C@H]2C3=CC[C@@H]4C(=O)NC(=O)[C@@H]4[C@@H]3CC3=C2C(=O)C=C(Br)C3=O)ccc1O. The summed E-state index contributed by atoms with van der Waals surface area (Å²) < 4.78 is 5.37. The molecule has 0 aromatic heterocycles. The van der Waals surface area contributed by atoms with E-state index in [0.717, 1.165) is 11.1 Å². The van der Waals surface area contributed by atoms with E-state index in [0.29, 0.717) is 23.3 Å². The molecule has 0 unspecified atom stereocenters. The van der Waals surface area contributed by atoms with Gasteiger partial charge in [-0.2, -0.15) is 0 Å². The molecule has 1 fully saturated rings. The number of allylic oxidation sites excluding steroid dienone is 7.